The summed E-state index contributed by atoms with van der Waals surface area (Å²) in [7, 11) is 3.19. The molecule has 0 radical (unpaired) electrons. The summed E-state index contributed by atoms with van der Waals surface area (Å²) >= 11 is 6.03. The maximum atomic E-state index is 13.7. The highest BCUT2D eigenvalue weighted by Crippen LogP contribution is 2.29. The first kappa shape index (κ1) is 26.9. The van der Waals surface area contributed by atoms with Gasteiger partial charge < -0.3 is 19.7 Å². The highest BCUT2D eigenvalue weighted by molar-refractivity contribution is 6.27. The lowest BCUT2D eigenvalue weighted by molar-refractivity contribution is -0.139. The molecule has 0 bridgehead atoms. The fourth-order valence-electron chi connectivity index (χ4n) is 4.69. The second-order valence-electron chi connectivity index (χ2n) is 9.17. The van der Waals surface area contributed by atoms with Crippen molar-refractivity contribution in [2.24, 2.45) is 0 Å². The van der Waals surface area contributed by atoms with E-state index in [0.717, 1.165) is 42.4 Å². The van der Waals surface area contributed by atoms with Crippen LogP contribution in [0.1, 0.15) is 61.3 Å². The van der Waals surface area contributed by atoms with Gasteiger partial charge in [-0.2, -0.15) is 0 Å². The second-order valence-corrected chi connectivity index (χ2v) is 9.44. The van der Waals surface area contributed by atoms with E-state index in [2.05, 4.69) is 5.32 Å². The van der Waals surface area contributed by atoms with Crippen molar-refractivity contribution < 1.29 is 19.1 Å². The molecule has 0 heterocycles. The topological polar surface area (TPSA) is 67.9 Å². The maximum Gasteiger partial charge on any atom is 0.247 e. The summed E-state index contributed by atoms with van der Waals surface area (Å²) in [5.41, 5.74) is 2.85. The van der Waals surface area contributed by atoms with Crippen molar-refractivity contribution in [2.75, 3.05) is 26.6 Å². The molecule has 3 rings (SSSR count). The van der Waals surface area contributed by atoms with E-state index in [-0.39, 0.29) is 23.7 Å². The molecular weight excluding hydrogens is 464 g/mol. The molecule has 190 valence electrons. The summed E-state index contributed by atoms with van der Waals surface area (Å²) < 4.78 is 10.8. The van der Waals surface area contributed by atoms with Crippen molar-refractivity contribution in [3.05, 3.63) is 59.2 Å². The minimum atomic E-state index is -0.745. The summed E-state index contributed by atoms with van der Waals surface area (Å²) in [4.78, 5) is 28.4. The molecule has 1 atom stereocenters. The quantitative estimate of drug-likeness (QED) is 0.359. The molecule has 0 spiro atoms. The van der Waals surface area contributed by atoms with E-state index in [0.29, 0.717) is 24.5 Å². The average molecular weight is 501 g/mol. The average Bonchev–Trinajstić information content (AvgIpc) is 3.15. The Hall–Kier alpha value is -2.73. The van der Waals surface area contributed by atoms with Crippen molar-refractivity contribution in [1.29, 1.82) is 0 Å². The number of halogens is 1. The maximum absolute atomic E-state index is 13.7. The van der Waals surface area contributed by atoms with E-state index in [1.54, 1.807) is 19.1 Å². The van der Waals surface area contributed by atoms with Gasteiger partial charge in [-0.1, -0.05) is 61.6 Å². The van der Waals surface area contributed by atoms with Crippen molar-refractivity contribution in [1.82, 2.24) is 10.2 Å². The van der Waals surface area contributed by atoms with Gasteiger partial charge in [0.05, 0.1) is 14.2 Å². The minimum absolute atomic E-state index is 0.136. The Labute approximate surface area is 213 Å². The van der Waals surface area contributed by atoms with Crippen LogP contribution in [0.3, 0.4) is 0 Å². The predicted molar refractivity (Wildman–Crippen MR) is 139 cm³/mol. The van der Waals surface area contributed by atoms with Crippen molar-refractivity contribution in [3.63, 3.8) is 0 Å². The Morgan fingerprint density at radius 3 is 2.26 bits per heavy atom. The molecule has 1 fully saturated rings. The van der Waals surface area contributed by atoms with Gasteiger partial charge in [-0.05, 0) is 49.4 Å². The zero-order valence-electron chi connectivity index (χ0n) is 21.0. The van der Waals surface area contributed by atoms with Gasteiger partial charge in [0.2, 0.25) is 11.8 Å². The van der Waals surface area contributed by atoms with E-state index in [9.17, 15) is 9.59 Å². The third kappa shape index (κ3) is 7.38. The molecule has 0 unspecified atom stereocenters. The molecule has 0 aromatic heterocycles. The number of methoxy groups -OCH3 is 2. The first-order valence-electron chi connectivity index (χ1n) is 12.4. The lowest BCUT2D eigenvalue weighted by Gasteiger charge is -2.32. The number of alkyl halides is 1. The number of nitrogens with one attached hydrogen (secondary N) is 1. The number of nitrogens with zero attached hydrogens (tertiary/aromatic N) is 1. The molecule has 2 aromatic carbocycles. The lowest BCUT2D eigenvalue weighted by Crippen LogP contribution is -2.47. The van der Waals surface area contributed by atoms with Crippen LogP contribution in [0.5, 0.6) is 11.5 Å². The van der Waals surface area contributed by atoms with Crippen LogP contribution < -0.4 is 14.8 Å². The molecule has 1 aliphatic rings. The minimum Gasteiger partial charge on any atom is -0.493 e. The zero-order valence-corrected chi connectivity index (χ0v) is 21.8. The highest BCUT2D eigenvalue weighted by atomic mass is 35.5. The van der Waals surface area contributed by atoms with Gasteiger partial charge in [0.15, 0.2) is 11.5 Å². The third-order valence-electron chi connectivity index (χ3n) is 6.68. The summed E-state index contributed by atoms with van der Waals surface area (Å²) in [6, 6.07) is 12.9. The fraction of sp³-hybridized carbons (Fsp3) is 0.500. The molecule has 1 saturated carbocycles. The number of ether oxygens (including phenoxy) is 2. The van der Waals surface area contributed by atoms with E-state index < -0.39 is 6.04 Å². The number of carbonyl (C=O) groups is 2. The van der Waals surface area contributed by atoms with Crippen LogP contribution in [-0.2, 0) is 16.0 Å². The molecule has 2 aromatic rings. The van der Waals surface area contributed by atoms with E-state index >= 15 is 0 Å². The Balaban J connectivity index is 1.87. The van der Waals surface area contributed by atoms with Gasteiger partial charge in [0.1, 0.15) is 11.9 Å². The molecule has 0 saturated heterocycles. The van der Waals surface area contributed by atoms with E-state index in [4.69, 9.17) is 21.1 Å². The van der Waals surface area contributed by atoms with Crippen LogP contribution >= 0.6 is 11.6 Å². The predicted octanol–water partition coefficient (Wildman–Crippen LogP) is 5.20. The zero-order chi connectivity index (χ0) is 25.2. The van der Waals surface area contributed by atoms with Gasteiger partial charge >= 0.3 is 0 Å². The molecule has 35 heavy (non-hydrogen) atoms. The Morgan fingerprint density at radius 2 is 1.66 bits per heavy atom. The largest absolute Gasteiger partial charge is 0.493 e. The first-order valence-corrected chi connectivity index (χ1v) is 12.9. The molecule has 2 amide bonds. The normalized spacial score (nSPS) is 15.1. The summed E-state index contributed by atoms with van der Waals surface area (Å²) in [6.45, 7) is 2.35. The molecule has 7 heteroatoms. The molecule has 6 nitrogen and oxygen atoms in total. The first-order chi connectivity index (χ1) is 17.0. The SMILES string of the molecule is COc1ccc(CCN(C(=O)CCl)[C@@H](C(=O)NC2CCCCCC2)c2ccc(C)cc2)cc1OC. The number of benzene rings is 2. The van der Waals surface area contributed by atoms with E-state index in [1.165, 1.54) is 12.8 Å². The Morgan fingerprint density at radius 1 is 1.00 bits per heavy atom. The van der Waals surface area contributed by atoms with Crippen molar-refractivity contribution in [2.45, 2.75) is 64.0 Å². The summed E-state index contributed by atoms with van der Waals surface area (Å²) in [5.74, 6) is 0.664. The van der Waals surface area contributed by atoms with Crippen LogP contribution in [0.2, 0.25) is 0 Å². The molecular formula is C28H37ClN2O4. The van der Waals surface area contributed by atoms with Crippen LogP contribution in [0, 0.1) is 6.92 Å². The van der Waals surface area contributed by atoms with Crippen molar-refractivity contribution >= 4 is 23.4 Å². The van der Waals surface area contributed by atoms with Crippen molar-refractivity contribution in [3.8, 4) is 11.5 Å². The highest BCUT2D eigenvalue weighted by Gasteiger charge is 2.32. The van der Waals surface area contributed by atoms with Crippen LogP contribution in [0.4, 0.5) is 0 Å². The molecule has 1 N–H and O–H groups in total. The molecule has 0 aliphatic heterocycles. The Kier molecular flexibility index (Phi) is 10.3. The number of carbonyl (C=O) groups excluding carboxylic acids is 2. The third-order valence-corrected chi connectivity index (χ3v) is 6.91. The van der Waals surface area contributed by atoms with Crippen LogP contribution in [-0.4, -0.2) is 49.4 Å². The van der Waals surface area contributed by atoms with Crippen LogP contribution in [0.15, 0.2) is 42.5 Å². The monoisotopic (exact) mass is 500 g/mol. The van der Waals surface area contributed by atoms with Gasteiger partial charge in [-0.15, -0.1) is 11.6 Å². The van der Waals surface area contributed by atoms with Gasteiger partial charge in [0, 0.05) is 12.6 Å². The summed E-state index contributed by atoms with van der Waals surface area (Å²) in [5, 5.41) is 3.25. The number of hydrogen-bond donors (Lipinski definition) is 1. The number of hydrogen-bond acceptors (Lipinski definition) is 4. The standard InChI is InChI=1S/C28H37ClN2O4/c1-20-10-13-22(14-11-20)27(28(33)30-23-8-6-4-5-7-9-23)31(26(32)19-29)17-16-21-12-15-24(34-2)25(18-21)35-3/h10-15,18,23,27H,4-9,16-17,19H2,1-3H3,(H,30,33)/t27-/m1/s1. The Bertz CT molecular complexity index is 971. The number of aryl methyl sites for hydroxylation is 1. The fourth-order valence-corrected chi connectivity index (χ4v) is 4.84. The van der Waals surface area contributed by atoms with Gasteiger partial charge in [-0.25, -0.2) is 0 Å². The van der Waals surface area contributed by atoms with Crippen LogP contribution in [0.25, 0.3) is 0 Å². The van der Waals surface area contributed by atoms with Gasteiger partial charge in [0.25, 0.3) is 0 Å². The smallest absolute Gasteiger partial charge is 0.247 e. The number of rotatable bonds is 10. The second kappa shape index (κ2) is 13.4. The summed E-state index contributed by atoms with van der Waals surface area (Å²) in [6.07, 6.45) is 7.13. The van der Waals surface area contributed by atoms with Gasteiger partial charge in [-0.3, -0.25) is 9.59 Å². The lowest BCUT2D eigenvalue weighted by atomic mass is 10.00. The molecule has 1 aliphatic carbocycles. The number of amides is 2. The van der Waals surface area contributed by atoms with E-state index in [1.807, 2.05) is 49.4 Å².